The Morgan fingerprint density at radius 1 is 1.12 bits per heavy atom. The topological polar surface area (TPSA) is 40.6 Å². The summed E-state index contributed by atoms with van der Waals surface area (Å²) in [4.78, 5) is 4.82. The fraction of sp³-hybridized carbons (Fsp3) is 1.00. The molecule has 0 aromatic rings. The molecular weight excluding hydrogens is 224 g/mol. The molecule has 0 aromatic heterocycles. The molecule has 0 amide bonds. The molecule has 94 valence electrons. The van der Waals surface area contributed by atoms with E-state index in [1.54, 1.807) is 0 Å². The highest BCUT2D eigenvalue weighted by molar-refractivity contribution is 7.91. The van der Waals surface area contributed by atoms with E-state index < -0.39 is 9.84 Å². The molecule has 5 heteroatoms. The third-order valence-electron chi connectivity index (χ3n) is 3.80. The van der Waals surface area contributed by atoms with E-state index in [-0.39, 0.29) is 0 Å². The van der Waals surface area contributed by atoms with Crippen molar-refractivity contribution in [2.75, 3.05) is 37.7 Å². The Balaban J connectivity index is 1.86. The van der Waals surface area contributed by atoms with Gasteiger partial charge < -0.3 is 0 Å². The van der Waals surface area contributed by atoms with Gasteiger partial charge in [-0.15, -0.1) is 0 Å². The van der Waals surface area contributed by atoms with Crippen LogP contribution < -0.4 is 0 Å². The van der Waals surface area contributed by atoms with Gasteiger partial charge in [-0.05, 0) is 20.3 Å². The third kappa shape index (κ3) is 2.76. The van der Waals surface area contributed by atoms with E-state index in [4.69, 9.17) is 0 Å². The Kier molecular flexibility index (Phi) is 3.56. The van der Waals surface area contributed by atoms with E-state index in [9.17, 15) is 8.42 Å². The van der Waals surface area contributed by atoms with Crippen molar-refractivity contribution in [2.45, 2.75) is 32.4 Å². The van der Waals surface area contributed by atoms with Gasteiger partial charge in [-0.25, -0.2) is 8.42 Å². The van der Waals surface area contributed by atoms with Crippen LogP contribution in [0.25, 0.3) is 0 Å². The van der Waals surface area contributed by atoms with Crippen molar-refractivity contribution < 1.29 is 8.42 Å². The van der Waals surface area contributed by atoms with Crippen molar-refractivity contribution in [3.05, 3.63) is 0 Å². The molecule has 2 rings (SSSR count). The van der Waals surface area contributed by atoms with Gasteiger partial charge in [0.05, 0.1) is 11.5 Å². The van der Waals surface area contributed by atoms with Crippen molar-refractivity contribution in [3.63, 3.8) is 0 Å². The molecule has 0 saturated carbocycles. The minimum absolute atomic E-state index is 0.291. The number of rotatable bonds is 2. The highest BCUT2D eigenvalue weighted by Crippen LogP contribution is 2.19. The maximum absolute atomic E-state index is 11.4. The standard InChI is InChI=1S/C11H22N2O2S/c1-10(2)12-4-6-13(7-5-12)11-3-8-16(14,15)9-11/h10-11H,3-9H2,1-2H3. The van der Waals surface area contributed by atoms with Gasteiger partial charge in [0, 0.05) is 38.3 Å². The largest absolute Gasteiger partial charge is 0.298 e. The summed E-state index contributed by atoms with van der Waals surface area (Å²) in [5.41, 5.74) is 0. The van der Waals surface area contributed by atoms with E-state index in [0.29, 0.717) is 23.6 Å². The van der Waals surface area contributed by atoms with E-state index in [2.05, 4.69) is 23.6 Å². The SMILES string of the molecule is CC(C)N1CCN(C2CCS(=O)(=O)C2)CC1. The molecule has 0 aromatic carbocycles. The summed E-state index contributed by atoms with van der Waals surface area (Å²) in [6.07, 6.45) is 0.837. The molecule has 0 radical (unpaired) electrons. The molecular formula is C11H22N2O2S. The first-order valence-electron chi connectivity index (χ1n) is 6.16. The fourth-order valence-corrected chi connectivity index (χ4v) is 4.44. The number of hydrogen-bond donors (Lipinski definition) is 0. The van der Waals surface area contributed by atoms with E-state index in [0.717, 1.165) is 32.6 Å². The highest BCUT2D eigenvalue weighted by Gasteiger charge is 2.33. The average molecular weight is 246 g/mol. The van der Waals surface area contributed by atoms with Gasteiger partial charge in [0.15, 0.2) is 9.84 Å². The van der Waals surface area contributed by atoms with E-state index in [1.165, 1.54) is 0 Å². The summed E-state index contributed by atoms with van der Waals surface area (Å²) < 4.78 is 22.8. The van der Waals surface area contributed by atoms with Crippen LogP contribution in [0.5, 0.6) is 0 Å². The van der Waals surface area contributed by atoms with Gasteiger partial charge in [-0.2, -0.15) is 0 Å². The van der Waals surface area contributed by atoms with Crippen molar-refractivity contribution in [1.29, 1.82) is 0 Å². The van der Waals surface area contributed by atoms with Gasteiger partial charge >= 0.3 is 0 Å². The second-order valence-corrected chi connectivity index (χ2v) is 7.45. The van der Waals surface area contributed by atoms with Gasteiger partial charge in [0.1, 0.15) is 0 Å². The van der Waals surface area contributed by atoms with Crippen LogP contribution in [0, 0.1) is 0 Å². The van der Waals surface area contributed by atoms with Crippen LogP contribution in [0.3, 0.4) is 0 Å². The van der Waals surface area contributed by atoms with Crippen molar-refractivity contribution >= 4 is 9.84 Å². The third-order valence-corrected chi connectivity index (χ3v) is 5.55. The lowest BCUT2D eigenvalue weighted by Crippen LogP contribution is -2.52. The number of nitrogens with zero attached hydrogens (tertiary/aromatic N) is 2. The molecule has 2 heterocycles. The normalized spacial score (nSPS) is 32.3. The summed E-state index contributed by atoms with van der Waals surface area (Å²) in [6.45, 7) is 8.64. The smallest absolute Gasteiger partial charge is 0.151 e. The summed E-state index contributed by atoms with van der Waals surface area (Å²) >= 11 is 0. The lowest BCUT2D eigenvalue weighted by Gasteiger charge is -2.39. The molecule has 2 aliphatic rings. The summed E-state index contributed by atoms with van der Waals surface area (Å²) in [5, 5.41) is 0. The maximum atomic E-state index is 11.4. The molecule has 0 aliphatic carbocycles. The highest BCUT2D eigenvalue weighted by atomic mass is 32.2. The zero-order valence-corrected chi connectivity index (χ0v) is 11.0. The maximum Gasteiger partial charge on any atom is 0.151 e. The lowest BCUT2D eigenvalue weighted by atomic mass is 10.1. The molecule has 0 spiro atoms. The van der Waals surface area contributed by atoms with Crippen LogP contribution in [0.2, 0.25) is 0 Å². The summed E-state index contributed by atoms with van der Waals surface area (Å²) in [7, 11) is -2.73. The number of sulfone groups is 1. The fourth-order valence-electron chi connectivity index (χ4n) is 2.68. The summed E-state index contributed by atoms with van der Waals surface area (Å²) in [6, 6.07) is 0.897. The lowest BCUT2D eigenvalue weighted by molar-refractivity contribution is 0.0854. The first-order chi connectivity index (χ1) is 7.48. The first-order valence-corrected chi connectivity index (χ1v) is 7.98. The zero-order valence-electron chi connectivity index (χ0n) is 10.2. The van der Waals surface area contributed by atoms with Crippen LogP contribution in [-0.4, -0.2) is 68.0 Å². The van der Waals surface area contributed by atoms with Gasteiger partial charge in [-0.1, -0.05) is 0 Å². The second kappa shape index (κ2) is 4.63. The van der Waals surface area contributed by atoms with Crippen LogP contribution in [0.4, 0.5) is 0 Å². The Hall–Kier alpha value is -0.130. The Bertz CT molecular complexity index is 332. The minimum Gasteiger partial charge on any atom is -0.298 e. The quantitative estimate of drug-likeness (QED) is 0.698. The zero-order chi connectivity index (χ0) is 11.8. The first kappa shape index (κ1) is 12.3. The van der Waals surface area contributed by atoms with Gasteiger partial charge in [0.25, 0.3) is 0 Å². The number of piperazine rings is 1. The van der Waals surface area contributed by atoms with E-state index >= 15 is 0 Å². The molecule has 1 unspecified atom stereocenters. The van der Waals surface area contributed by atoms with E-state index in [1.807, 2.05) is 0 Å². The van der Waals surface area contributed by atoms with Crippen LogP contribution in [0.15, 0.2) is 0 Å². The van der Waals surface area contributed by atoms with Crippen molar-refractivity contribution in [3.8, 4) is 0 Å². The van der Waals surface area contributed by atoms with Gasteiger partial charge in [0.2, 0.25) is 0 Å². The molecule has 0 bridgehead atoms. The Morgan fingerprint density at radius 3 is 2.19 bits per heavy atom. The molecule has 2 aliphatic heterocycles. The molecule has 2 saturated heterocycles. The van der Waals surface area contributed by atoms with Crippen molar-refractivity contribution in [2.24, 2.45) is 0 Å². The second-order valence-electron chi connectivity index (χ2n) is 5.22. The molecule has 0 N–H and O–H groups in total. The average Bonchev–Trinajstić information content (AvgIpc) is 2.59. The predicted octanol–water partition coefficient (Wildman–Crippen LogP) is 0.200. The minimum atomic E-state index is -2.73. The molecule has 1 atom stereocenters. The monoisotopic (exact) mass is 246 g/mol. The molecule has 4 nitrogen and oxygen atoms in total. The Labute approximate surface area is 98.5 Å². The Morgan fingerprint density at radius 2 is 1.75 bits per heavy atom. The van der Waals surface area contributed by atoms with Crippen LogP contribution in [-0.2, 0) is 9.84 Å². The predicted molar refractivity (Wildman–Crippen MR) is 65.3 cm³/mol. The molecule has 16 heavy (non-hydrogen) atoms. The van der Waals surface area contributed by atoms with Crippen LogP contribution >= 0.6 is 0 Å². The van der Waals surface area contributed by atoms with Crippen LogP contribution in [0.1, 0.15) is 20.3 Å². The molecule has 2 fully saturated rings. The summed E-state index contributed by atoms with van der Waals surface area (Å²) in [5.74, 6) is 0.775. The van der Waals surface area contributed by atoms with Gasteiger partial charge in [-0.3, -0.25) is 9.80 Å². The van der Waals surface area contributed by atoms with Crippen molar-refractivity contribution in [1.82, 2.24) is 9.80 Å². The number of hydrogen-bond acceptors (Lipinski definition) is 4.